The fraction of sp³-hybridized carbons (Fsp3) is 0.167. The lowest BCUT2D eigenvalue weighted by Crippen LogP contribution is -2.14. The van der Waals surface area contributed by atoms with Crippen molar-refractivity contribution >= 4 is 0 Å². The Hall–Kier alpha value is -4.46. The number of nitrogens with zero attached hydrogens (tertiary/aromatic N) is 4. The number of halogens is 3. The maximum absolute atomic E-state index is 14.0. The van der Waals surface area contributed by atoms with Crippen molar-refractivity contribution in [2.75, 3.05) is 7.11 Å². The van der Waals surface area contributed by atoms with Gasteiger partial charge in [0.25, 0.3) is 5.95 Å². The van der Waals surface area contributed by atoms with Crippen LogP contribution >= 0.6 is 0 Å². The molecule has 0 saturated heterocycles. The molecular weight excluding hydrogens is 489 g/mol. The average molecular weight is 515 g/mol. The van der Waals surface area contributed by atoms with Crippen LogP contribution in [0.4, 0.5) is 13.2 Å². The van der Waals surface area contributed by atoms with Crippen molar-refractivity contribution in [1.82, 2.24) is 19.7 Å². The third kappa shape index (κ3) is 4.89. The van der Waals surface area contributed by atoms with E-state index in [1.807, 2.05) is 69.3 Å². The van der Waals surface area contributed by atoms with Gasteiger partial charge in [-0.25, -0.2) is 9.97 Å². The van der Waals surface area contributed by atoms with Crippen LogP contribution in [-0.2, 0) is 6.18 Å². The molecule has 0 spiro atoms. The van der Waals surface area contributed by atoms with E-state index in [0.29, 0.717) is 22.7 Å². The van der Waals surface area contributed by atoms with Gasteiger partial charge in [-0.05, 0) is 51.1 Å². The summed E-state index contributed by atoms with van der Waals surface area (Å²) >= 11 is 0. The molecule has 0 N–H and O–H groups in total. The van der Waals surface area contributed by atoms with Crippen LogP contribution < -0.4 is 4.74 Å². The number of alkyl halides is 3. The van der Waals surface area contributed by atoms with Crippen molar-refractivity contribution in [1.29, 1.82) is 0 Å². The Balaban J connectivity index is 1.77. The standard InChI is InChI=1S/C30H25F3N4O/c1-18-5-9-22(10-6-18)27-20(3)28(23-11-7-19(2)8-12-23)37(36-27)29-34-25(17-26(35-29)30(31,32)33)21-13-15-24(38-4)16-14-21/h5-17H,1-4H3. The van der Waals surface area contributed by atoms with Gasteiger partial charge >= 0.3 is 6.18 Å². The van der Waals surface area contributed by atoms with Gasteiger partial charge in [-0.15, -0.1) is 0 Å². The molecule has 0 bridgehead atoms. The largest absolute Gasteiger partial charge is 0.497 e. The van der Waals surface area contributed by atoms with E-state index in [2.05, 4.69) is 9.97 Å². The first-order chi connectivity index (χ1) is 18.1. The van der Waals surface area contributed by atoms with Gasteiger partial charge in [0, 0.05) is 22.3 Å². The third-order valence-electron chi connectivity index (χ3n) is 6.35. The molecule has 0 radical (unpaired) electrons. The summed E-state index contributed by atoms with van der Waals surface area (Å²) in [5.74, 6) is 0.425. The van der Waals surface area contributed by atoms with Gasteiger partial charge in [0.05, 0.1) is 24.2 Å². The van der Waals surface area contributed by atoms with Crippen LogP contribution in [0.1, 0.15) is 22.4 Å². The van der Waals surface area contributed by atoms with Crippen LogP contribution in [0.2, 0.25) is 0 Å². The number of hydrogen-bond acceptors (Lipinski definition) is 4. The number of ether oxygens (including phenoxy) is 1. The Morgan fingerprint density at radius 1 is 0.711 bits per heavy atom. The molecule has 5 nitrogen and oxygen atoms in total. The number of hydrogen-bond donors (Lipinski definition) is 0. The van der Waals surface area contributed by atoms with E-state index < -0.39 is 11.9 Å². The van der Waals surface area contributed by atoms with Crippen LogP contribution in [0.25, 0.3) is 39.7 Å². The zero-order valence-electron chi connectivity index (χ0n) is 21.3. The highest BCUT2D eigenvalue weighted by Gasteiger charge is 2.34. The van der Waals surface area contributed by atoms with E-state index in [1.165, 1.54) is 11.8 Å². The van der Waals surface area contributed by atoms with Gasteiger partial charge in [-0.3, -0.25) is 0 Å². The molecular formula is C30H25F3N4O. The second kappa shape index (κ2) is 9.78. The van der Waals surface area contributed by atoms with Crippen LogP contribution in [0.5, 0.6) is 5.75 Å². The van der Waals surface area contributed by atoms with Crippen molar-refractivity contribution in [3.63, 3.8) is 0 Å². The highest BCUT2D eigenvalue weighted by atomic mass is 19.4. The van der Waals surface area contributed by atoms with Gasteiger partial charge in [-0.1, -0.05) is 59.7 Å². The van der Waals surface area contributed by atoms with Crippen molar-refractivity contribution < 1.29 is 17.9 Å². The molecule has 0 aliphatic carbocycles. The van der Waals surface area contributed by atoms with E-state index in [-0.39, 0.29) is 11.6 Å². The lowest BCUT2D eigenvalue weighted by molar-refractivity contribution is -0.141. The highest BCUT2D eigenvalue weighted by Crippen LogP contribution is 2.36. The summed E-state index contributed by atoms with van der Waals surface area (Å²) < 4.78 is 48.6. The van der Waals surface area contributed by atoms with Crippen molar-refractivity contribution in [3.8, 4) is 45.5 Å². The van der Waals surface area contributed by atoms with Crippen molar-refractivity contribution in [3.05, 3.63) is 101 Å². The Bertz CT molecular complexity index is 1590. The summed E-state index contributed by atoms with van der Waals surface area (Å²) in [4.78, 5) is 8.50. The van der Waals surface area contributed by atoms with Gasteiger partial charge in [0.15, 0.2) is 5.69 Å². The monoisotopic (exact) mass is 514 g/mol. The number of methoxy groups -OCH3 is 1. The SMILES string of the molecule is COc1ccc(-c2cc(C(F)(F)F)nc(-n3nc(-c4ccc(C)cc4)c(C)c3-c3ccc(C)cc3)n2)cc1. The number of aryl methyl sites for hydroxylation is 2. The lowest BCUT2D eigenvalue weighted by Gasteiger charge is -2.13. The first-order valence-electron chi connectivity index (χ1n) is 12.0. The fourth-order valence-corrected chi connectivity index (χ4v) is 4.26. The van der Waals surface area contributed by atoms with Gasteiger partial charge in [0.2, 0.25) is 0 Å². The minimum atomic E-state index is -4.68. The van der Waals surface area contributed by atoms with Gasteiger partial charge in [0.1, 0.15) is 5.75 Å². The molecule has 5 rings (SSSR count). The molecule has 0 aliphatic rings. The van der Waals surface area contributed by atoms with E-state index in [4.69, 9.17) is 9.84 Å². The summed E-state index contributed by atoms with van der Waals surface area (Å²) in [5, 5.41) is 4.77. The summed E-state index contributed by atoms with van der Waals surface area (Å²) in [6.45, 7) is 5.87. The minimum Gasteiger partial charge on any atom is -0.497 e. The van der Waals surface area contributed by atoms with E-state index in [1.54, 1.807) is 24.3 Å². The topological polar surface area (TPSA) is 52.8 Å². The van der Waals surface area contributed by atoms with E-state index >= 15 is 0 Å². The summed E-state index contributed by atoms with van der Waals surface area (Å²) in [7, 11) is 1.53. The maximum atomic E-state index is 14.0. The van der Waals surface area contributed by atoms with E-state index in [0.717, 1.165) is 33.9 Å². The molecule has 5 aromatic rings. The fourth-order valence-electron chi connectivity index (χ4n) is 4.26. The Kier molecular flexibility index (Phi) is 6.48. The van der Waals surface area contributed by atoms with Gasteiger partial charge < -0.3 is 4.74 Å². The molecule has 2 aromatic heterocycles. The first-order valence-corrected chi connectivity index (χ1v) is 12.0. The second-order valence-electron chi connectivity index (χ2n) is 9.13. The molecule has 0 atom stereocenters. The Labute approximate surface area is 218 Å². The van der Waals surface area contributed by atoms with E-state index in [9.17, 15) is 13.2 Å². The molecule has 0 amide bonds. The molecule has 3 aromatic carbocycles. The number of benzene rings is 3. The zero-order valence-corrected chi connectivity index (χ0v) is 21.3. The van der Waals surface area contributed by atoms with Crippen LogP contribution in [0.3, 0.4) is 0 Å². The predicted octanol–water partition coefficient (Wildman–Crippen LogP) is 7.62. The summed E-state index contributed by atoms with van der Waals surface area (Å²) in [5.41, 5.74) is 5.47. The molecule has 0 aliphatic heterocycles. The molecule has 8 heteroatoms. The molecule has 192 valence electrons. The first kappa shape index (κ1) is 25.2. The smallest absolute Gasteiger partial charge is 0.433 e. The molecule has 0 unspecified atom stereocenters. The summed E-state index contributed by atoms with van der Waals surface area (Å²) in [6.07, 6.45) is -4.68. The normalized spacial score (nSPS) is 11.6. The third-order valence-corrected chi connectivity index (χ3v) is 6.35. The maximum Gasteiger partial charge on any atom is 0.433 e. The van der Waals surface area contributed by atoms with Crippen LogP contribution in [0.15, 0.2) is 78.9 Å². The Morgan fingerprint density at radius 2 is 1.26 bits per heavy atom. The molecule has 0 saturated carbocycles. The minimum absolute atomic E-state index is 0.130. The molecule has 38 heavy (non-hydrogen) atoms. The quantitative estimate of drug-likeness (QED) is 0.242. The van der Waals surface area contributed by atoms with Crippen molar-refractivity contribution in [2.24, 2.45) is 0 Å². The van der Waals surface area contributed by atoms with Crippen LogP contribution in [-0.4, -0.2) is 26.9 Å². The Morgan fingerprint density at radius 3 is 1.82 bits per heavy atom. The predicted molar refractivity (Wildman–Crippen MR) is 141 cm³/mol. The number of aromatic nitrogens is 4. The zero-order chi connectivity index (χ0) is 27.0. The van der Waals surface area contributed by atoms with Crippen LogP contribution in [0, 0.1) is 20.8 Å². The molecule has 0 fully saturated rings. The molecule has 2 heterocycles. The second-order valence-corrected chi connectivity index (χ2v) is 9.13. The average Bonchev–Trinajstić information content (AvgIpc) is 3.26. The number of rotatable bonds is 5. The van der Waals surface area contributed by atoms with Crippen molar-refractivity contribution in [2.45, 2.75) is 26.9 Å². The lowest BCUT2D eigenvalue weighted by atomic mass is 10.0. The summed E-state index contributed by atoms with van der Waals surface area (Å²) in [6, 6.07) is 23.2. The van der Waals surface area contributed by atoms with Gasteiger partial charge in [-0.2, -0.15) is 23.0 Å². The highest BCUT2D eigenvalue weighted by molar-refractivity contribution is 5.75.